The van der Waals surface area contributed by atoms with E-state index >= 15 is 0 Å². The lowest BCUT2D eigenvalue weighted by molar-refractivity contribution is -0.127. The first-order valence-corrected chi connectivity index (χ1v) is 11.9. The van der Waals surface area contributed by atoms with Crippen LogP contribution in [0.2, 0.25) is 0 Å². The highest BCUT2D eigenvalue weighted by molar-refractivity contribution is 5.95. The van der Waals surface area contributed by atoms with Gasteiger partial charge in [0.15, 0.2) is 11.5 Å². The summed E-state index contributed by atoms with van der Waals surface area (Å²) in [5.41, 5.74) is 0.464. The second-order valence-electron chi connectivity index (χ2n) is 7.93. The Kier molecular flexibility index (Phi) is 9.43. The van der Waals surface area contributed by atoms with Crippen molar-refractivity contribution in [1.29, 1.82) is 0 Å². The molecule has 1 saturated heterocycles. The quantitative estimate of drug-likeness (QED) is 0.496. The lowest BCUT2D eigenvalue weighted by Gasteiger charge is -2.31. The number of furan rings is 1. The average molecular weight is 471 g/mol. The summed E-state index contributed by atoms with van der Waals surface area (Å²) >= 11 is 0. The topological polar surface area (TPSA) is 90.2 Å². The molecular formula is C26H34N2O6. The largest absolute Gasteiger partial charge is 0.490 e. The second-order valence-corrected chi connectivity index (χ2v) is 7.93. The molecular weight excluding hydrogens is 436 g/mol. The van der Waals surface area contributed by atoms with Crippen LogP contribution < -0.4 is 19.5 Å². The molecule has 2 heterocycles. The summed E-state index contributed by atoms with van der Waals surface area (Å²) in [4.78, 5) is 27.1. The number of carbonyl (C=O) groups excluding carboxylic acids is 2. The maximum Gasteiger partial charge on any atom is 0.251 e. The Hall–Kier alpha value is -3.42. The zero-order chi connectivity index (χ0) is 24.3. The van der Waals surface area contributed by atoms with Crippen LogP contribution in [0, 0.1) is 5.92 Å². The number of likely N-dealkylation sites (tertiary alicyclic amines) is 1. The van der Waals surface area contributed by atoms with Gasteiger partial charge in [-0.25, -0.2) is 0 Å². The van der Waals surface area contributed by atoms with Crippen LogP contribution in [0.1, 0.15) is 49.7 Å². The number of rotatable bonds is 11. The molecule has 1 aliphatic rings. The van der Waals surface area contributed by atoms with E-state index in [0.29, 0.717) is 73.9 Å². The van der Waals surface area contributed by atoms with Crippen molar-refractivity contribution in [1.82, 2.24) is 10.2 Å². The van der Waals surface area contributed by atoms with E-state index in [2.05, 4.69) is 5.32 Å². The molecule has 1 fully saturated rings. The van der Waals surface area contributed by atoms with Gasteiger partial charge in [-0.2, -0.15) is 0 Å². The van der Waals surface area contributed by atoms with E-state index in [-0.39, 0.29) is 11.8 Å². The molecule has 0 atom stereocenters. The molecule has 1 aromatic heterocycles. The van der Waals surface area contributed by atoms with Gasteiger partial charge in [0, 0.05) is 31.3 Å². The maximum atomic E-state index is 12.9. The molecule has 3 rings (SSSR count). The third-order valence-electron chi connectivity index (χ3n) is 5.58. The fraction of sp³-hybridized carbons (Fsp3) is 0.462. The smallest absolute Gasteiger partial charge is 0.251 e. The van der Waals surface area contributed by atoms with E-state index in [0.717, 1.165) is 12.8 Å². The SMILES string of the molecule is CCOc1cc(C(=O)NCC2CCN(C(=O)/C=C/c3ccco3)CC2)cc(OCC)c1OCC. The molecule has 0 saturated carbocycles. The normalized spacial score (nSPS) is 14.3. The average Bonchev–Trinajstić information content (AvgIpc) is 3.37. The lowest BCUT2D eigenvalue weighted by Crippen LogP contribution is -2.41. The van der Waals surface area contributed by atoms with Gasteiger partial charge >= 0.3 is 0 Å². The predicted molar refractivity (Wildman–Crippen MR) is 129 cm³/mol. The van der Waals surface area contributed by atoms with Gasteiger partial charge in [0.05, 0.1) is 26.1 Å². The summed E-state index contributed by atoms with van der Waals surface area (Å²) in [7, 11) is 0. The zero-order valence-corrected chi connectivity index (χ0v) is 20.2. The number of nitrogens with one attached hydrogen (secondary N) is 1. The van der Waals surface area contributed by atoms with Gasteiger partial charge in [0.25, 0.3) is 5.91 Å². The van der Waals surface area contributed by atoms with Gasteiger partial charge in [-0.15, -0.1) is 0 Å². The van der Waals surface area contributed by atoms with Crippen LogP contribution in [0.5, 0.6) is 17.2 Å². The molecule has 1 N–H and O–H groups in total. The minimum atomic E-state index is -0.190. The first kappa shape index (κ1) is 25.2. The minimum Gasteiger partial charge on any atom is -0.490 e. The molecule has 2 amide bonds. The highest BCUT2D eigenvalue weighted by Crippen LogP contribution is 2.39. The van der Waals surface area contributed by atoms with E-state index in [9.17, 15) is 9.59 Å². The molecule has 8 heteroatoms. The van der Waals surface area contributed by atoms with Crippen LogP contribution in [0.3, 0.4) is 0 Å². The summed E-state index contributed by atoms with van der Waals surface area (Å²) in [5, 5.41) is 3.03. The molecule has 34 heavy (non-hydrogen) atoms. The molecule has 1 aliphatic heterocycles. The standard InChI is InChI=1S/C26H34N2O6/c1-4-31-22-16-20(17-23(32-5-2)25(22)33-6-3)26(30)27-18-19-11-13-28(14-12-19)24(29)10-9-21-8-7-15-34-21/h7-10,15-17,19H,4-6,11-14,18H2,1-3H3,(H,27,30)/b10-9+. The summed E-state index contributed by atoms with van der Waals surface area (Å²) in [6.45, 7) is 8.88. The van der Waals surface area contributed by atoms with Crippen LogP contribution >= 0.6 is 0 Å². The highest BCUT2D eigenvalue weighted by Gasteiger charge is 2.23. The van der Waals surface area contributed by atoms with Crippen molar-refractivity contribution >= 4 is 17.9 Å². The molecule has 2 aromatic rings. The molecule has 184 valence electrons. The molecule has 8 nitrogen and oxygen atoms in total. The van der Waals surface area contributed by atoms with Crippen molar-refractivity contribution in [3.05, 3.63) is 47.9 Å². The molecule has 0 radical (unpaired) electrons. The van der Waals surface area contributed by atoms with Crippen molar-refractivity contribution in [2.75, 3.05) is 39.5 Å². The van der Waals surface area contributed by atoms with Crippen molar-refractivity contribution in [3.8, 4) is 17.2 Å². The highest BCUT2D eigenvalue weighted by atomic mass is 16.5. The van der Waals surface area contributed by atoms with E-state index < -0.39 is 0 Å². The Morgan fingerprint density at radius 3 is 2.26 bits per heavy atom. The minimum absolute atomic E-state index is 0.0276. The van der Waals surface area contributed by atoms with Gasteiger partial charge < -0.3 is 28.8 Å². The molecule has 1 aromatic carbocycles. The Morgan fingerprint density at radius 2 is 1.71 bits per heavy atom. The van der Waals surface area contributed by atoms with Gasteiger partial charge in [0.2, 0.25) is 11.7 Å². The number of hydrogen-bond acceptors (Lipinski definition) is 6. The number of benzene rings is 1. The van der Waals surface area contributed by atoms with Crippen molar-refractivity contribution in [2.45, 2.75) is 33.6 Å². The number of amides is 2. The van der Waals surface area contributed by atoms with Crippen molar-refractivity contribution in [2.24, 2.45) is 5.92 Å². The predicted octanol–water partition coefficient (Wildman–Crippen LogP) is 4.16. The Bertz CT molecular complexity index is 935. The molecule has 0 aliphatic carbocycles. The third-order valence-corrected chi connectivity index (χ3v) is 5.58. The first-order valence-electron chi connectivity index (χ1n) is 11.9. The Labute approximate surface area is 200 Å². The number of hydrogen-bond donors (Lipinski definition) is 1. The van der Waals surface area contributed by atoms with Crippen LogP contribution in [-0.2, 0) is 4.79 Å². The van der Waals surface area contributed by atoms with E-state index in [1.807, 2.05) is 25.7 Å². The van der Waals surface area contributed by atoms with Gasteiger partial charge in [-0.3, -0.25) is 9.59 Å². The van der Waals surface area contributed by atoms with E-state index in [4.69, 9.17) is 18.6 Å². The second kappa shape index (κ2) is 12.7. The number of nitrogens with zero attached hydrogens (tertiary/aromatic N) is 1. The van der Waals surface area contributed by atoms with Gasteiger partial charge in [-0.05, 0) is 69.9 Å². The van der Waals surface area contributed by atoms with Crippen LogP contribution in [0.4, 0.5) is 0 Å². The number of ether oxygens (including phenoxy) is 3. The van der Waals surface area contributed by atoms with Gasteiger partial charge in [-0.1, -0.05) is 0 Å². The van der Waals surface area contributed by atoms with Crippen LogP contribution in [-0.4, -0.2) is 56.2 Å². The van der Waals surface area contributed by atoms with Crippen LogP contribution in [0.15, 0.2) is 41.0 Å². The fourth-order valence-corrected chi connectivity index (χ4v) is 3.86. The summed E-state index contributed by atoms with van der Waals surface area (Å²) in [6.07, 6.45) is 6.46. The summed E-state index contributed by atoms with van der Waals surface area (Å²) < 4.78 is 22.3. The zero-order valence-electron chi connectivity index (χ0n) is 20.2. The first-order chi connectivity index (χ1) is 16.5. The molecule has 0 bridgehead atoms. The number of carbonyl (C=O) groups is 2. The Balaban J connectivity index is 1.55. The fourth-order valence-electron chi connectivity index (χ4n) is 3.86. The van der Waals surface area contributed by atoms with Crippen LogP contribution in [0.25, 0.3) is 6.08 Å². The summed E-state index contributed by atoms with van der Waals surface area (Å²) in [6, 6.07) is 6.97. The van der Waals surface area contributed by atoms with E-state index in [1.165, 1.54) is 0 Å². The van der Waals surface area contributed by atoms with Crippen molar-refractivity contribution in [3.63, 3.8) is 0 Å². The maximum absolute atomic E-state index is 12.9. The Morgan fingerprint density at radius 1 is 1.06 bits per heavy atom. The lowest BCUT2D eigenvalue weighted by atomic mass is 9.96. The monoisotopic (exact) mass is 470 g/mol. The molecule has 0 spiro atoms. The van der Waals surface area contributed by atoms with Crippen molar-refractivity contribution < 1.29 is 28.2 Å². The number of piperidine rings is 1. The van der Waals surface area contributed by atoms with E-state index in [1.54, 1.807) is 42.7 Å². The third kappa shape index (κ3) is 6.79. The van der Waals surface area contributed by atoms with Gasteiger partial charge in [0.1, 0.15) is 5.76 Å². The summed E-state index contributed by atoms with van der Waals surface area (Å²) in [5.74, 6) is 2.25. The molecule has 0 unspecified atom stereocenters.